The van der Waals surface area contributed by atoms with Gasteiger partial charge in [0, 0.05) is 45.2 Å². The van der Waals surface area contributed by atoms with Crippen LogP contribution in [0.2, 0.25) is 0 Å². The molecule has 0 unspecified atom stereocenters. The highest BCUT2D eigenvalue weighted by Crippen LogP contribution is 2.10. The van der Waals surface area contributed by atoms with E-state index in [1.165, 1.54) is 25.7 Å². The molecule has 1 N–H and O–H groups in total. The zero-order valence-corrected chi connectivity index (χ0v) is 18.7. The molecule has 6 heteroatoms. The number of hydrogen-bond donors (Lipinski definition) is 1. The standard InChI is InChI=1S/C22H43N3O3/c1-19(2)17-28-18-22(27)25-15-13-24(14-16-25)12-10-8-6-5-7-9-11-21(26)23-20(3)4/h19-20H,5-18H2,1-4H3,(H,23,26). The van der Waals surface area contributed by atoms with E-state index in [9.17, 15) is 9.59 Å². The number of nitrogens with one attached hydrogen (secondary N) is 1. The van der Waals surface area contributed by atoms with Gasteiger partial charge in [-0.3, -0.25) is 14.5 Å². The van der Waals surface area contributed by atoms with Gasteiger partial charge < -0.3 is 15.0 Å². The second-order valence-electron chi connectivity index (χ2n) is 8.72. The van der Waals surface area contributed by atoms with Gasteiger partial charge in [0.25, 0.3) is 0 Å². The molecular weight excluding hydrogens is 354 g/mol. The van der Waals surface area contributed by atoms with Crippen molar-refractivity contribution in [2.45, 2.75) is 78.7 Å². The van der Waals surface area contributed by atoms with E-state index in [0.717, 1.165) is 45.6 Å². The van der Waals surface area contributed by atoms with Gasteiger partial charge in [-0.1, -0.05) is 39.5 Å². The van der Waals surface area contributed by atoms with Crippen molar-refractivity contribution in [1.29, 1.82) is 0 Å². The van der Waals surface area contributed by atoms with Crippen LogP contribution in [0, 0.1) is 5.92 Å². The van der Waals surface area contributed by atoms with Crippen LogP contribution in [0.15, 0.2) is 0 Å². The molecule has 0 spiro atoms. The van der Waals surface area contributed by atoms with E-state index in [4.69, 9.17) is 4.74 Å². The molecule has 0 bridgehead atoms. The van der Waals surface area contributed by atoms with Crippen LogP contribution in [-0.4, -0.2) is 73.6 Å². The molecule has 1 aliphatic heterocycles. The topological polar surface area (TPSA) is 61.9 Å². The van der Waals surface area contributed by atoms with Gasteiger partial charge in [0.1, 0.15) is 6.61 Å². The highest BCUT2D eigenvalue weighted by molar-refractivity contribution is 5.77. The van der Waals surface area contributed by atoms with Crippen LogP contribution in [0.5, 0.6) is 0 Å². The van der Waals surface area contributed by atoms with E-state index < -0.39 is 0 Å². The maximum absolute atomic E-state index is 12.1. The van der Waals surface area contributed by atoms with Crippen molar-refractivity contribution < 1.29 is 14.3 Å². The first-order valence-electron chi connectivity index (χ1n) is 11.3. The number of amides is 2. The fourth-order valence-corrected chi connectivity index (χ4v) is 3.42. The van der Waals surface area contributed by atoms with Crippen molar-refractivity contribution in [3.8, 4) is 0 Å². The lowest BCUT2D eigenvalue weighted by atomic mass is 10.1. The van der Waals surface area contributed by atoms with Crippen LogP contribution in [0.1, 0.15) is 72.6 Å². The third-order valence-corrected chi connectivity index (χ3v) is 4.98. The summed E-state index contributed by atoms with van der Waals surface area (Å²) >= 11 is 0. The number of carbonyl (C=O) groups excluding carboxylic acids is 2. The number of unbranched alkanes of at least 4 members (excludes halogenated alkanes) is 5. The molecule has 28 heavy (non-hydrogen) atoms. The van der Waals surface area contributed by atoms with Crippen LogP contribution in [0.3, 0.4) is 0 Å². The zero-order chi connectivity index (χ0) is 20.8. The van der Waals surface area contributed by atoms with Crippen molar-refractivity contribution >= 4 is 11.8 Å². The van der Waals surface area contributed by atoms with E-state index in [0.29, 0.717) is 18.9 Å². The highest BCUT2D eigenvalue weighted by atomic mass is 16.5. The lowest BCUT2D eigenvalue weighted by Gasteiger charge is -2.34. The Labute approximate surface area is 172 Å². The number of hydrogen-bond acceptors (Lipinski definition) is 4. The summed E-state index contributed by atoms with van der Waals surface area (Å²) in [6.45, 7) is 13.8. The molecule has 1 saturated heterocycles. The van der Waals surface area contributed by atoms with Crippen molar-refractivity contribution in [3.63, 3.8) is 0 Å². The summed E-state index contributed by atoms with van der Waals surface area (Å²) in [5.41, 5.74) is 0. The average molecular weight is 398 g/mol. The second kappa shape index (κ2) is 14.8. The molecule has 1 fully saturated rings. The van der Waals surface area contributed by atoms with E-state index >= 15 is 0 Å². The number of piperazine rings is 1. The molecule has 1 heterocycles. The van der Waals surface area contributed by atoms with Crippen LogP contribution in [-0.2, 0) is 14.3 Å². The van der Waals surface area contributed by atoms with E-state index in [1.807, 2.05) is 18.7 Å². The van der Waals surface area contributed by atoms with Crippen molar-refractivity contribution in [1.82, 2.24) is 15.1 Å². The van der Waals surface area contributed by atoms with E-state index in [2.05, 4.69) is 24.1 Å². The quantitative estimate of drug-likeness (QED) is 0.458. The second-order valence-corrected chi connectivity index (χ2v) is 8.72. The minimum Gasteiger partial charge on any atom is -0.371 e. The Balaban J connectivity index is 1.95. The Kier molecular flexibility index (Phi) is 13.2. The molecule has 0 aromatic carbocycles. The summed E-state index contributed by atoms with van der Waals surface area (Å²) < 4.78 is 5.46. The Morgan fingerprint density at radius 2 is 1.50 bits per heavy atom. The van der Waals surface area contributed by atoms with Crippen molar-refractivity contribution in [2.24, 2.45) is 5.92 Å². The van der Waals surface area contributed by atoms with Gasteiger partial charge in [-0.15, -0.1) is 0 Å². The van der Waals surface area contributed by atoms with Gasteiger partial charge in [-0.05, 0) is 39.2 Å². The molecule has 0 aromatic heterocycles. The van der Waals surface area contributed by atoms with Gasteiger partial charge in [0.15, 0.2) is 0 Å². The van der Waals surface area contributed by atoms with Crippen molar-refractivity contribution in [2.75, 3.05) is 45.9 Å². The van der Waals surface area contributed by atoms with Gasteiger partial charge in [-0.25, -0.2) is 0 Å². The molecule has 164 valence electrons. The SMILES string of the molecule is CC(C)COCC(=O)N1CCN(CCCCCCCCC(=O)NC(C)C)CC1. The zero-order valence-electron chi connectivity index (χ0n) is 18.7. The van der Waals surface area contributed by atoms with Crippen molar-refractivity contribution in [3.05, 3.63) is 0 Å². The smallest absolute Gasteiger partial charge is 0.248 e. The number of nitrogens with zero attached hydrogens (tertiary/aromatic N) is 2. The third-order valence-electron chi connectivity index (χ3n) is 4.98. The molecule has 1 rings (SSSR count). The first kappa shape index (κ1) is 24.9. The molecule has 0 atom stereocenters. The summed E-state index contributed by atoms with van der Waals surface area (Å²) in [6, 6.07) is 0.241. The summed E-state index contributed by atoms with van der Waals surface area (Å²) in [5, 5.41) is 2.94. The molecular formula is C22H43N3O3. The monoisotopic (exact) mass is 397 g/mol. The molecule has 6 nitrogen and oxygen atoms in total. The minimum atomic E-state index is 0.127. The van der Waals surface area contributed by atoms with Gasteiger partial charge in [-0.2, -0.15) is 0 Å². The summed E-state index contributed by atoms with van der Waals surface area (Å²) in [6.07, 6.45) is 7.73. The van der Waals surface area contributed by atoms with E-state index in [-0.39, 0.29) is 24.5 Å². The fraction of sp³-hybridized carbons (Fsp3) is 0.909. The summed E-state index contributed by atoms with van der Waals surface area (Å²) in [7, 11) is 0. The number of carbonyl (C=O) groups is 2. The number of ether oxygens (including phenoxy) is 1. The number of rotatable bonds is 14. The molecule has 0 saturated carbocycles. The summed E-state index contributed by atoms with van der Waals surface area (Å²) in [5.74, 6) is 0.774. The van der Waals surface area contributed by atoms with Crippen LogP contribution >= 0.6 is 0 Å². The van der Waals surface area contributed by atoms with E-state index in [1.54, 1.807) is 0 Å². The maximum Gasteiger partial charge on any atom is 0.248 e. The highest BCUT2D eigenvalue weighted by Gasteiger charge is 2.20. The third kappa shape index (κ3) is 12.3. The molecule has 1 aliphatic rings. The van der Waals surface area contributed by atoms with Gasteiger partial charge >= 0.3 is 0 Å². The largest absolute Gasteiger partial charge is 0.371 e. The normalized spacial score (nSPS) is 15.4. The van der Waals surface area contributed by atoms with Crippen LogP contribution < -0.4 is 5.32 Å². The first-order valence-corrected chi connectivity index (χ1v) is 11.3. The predicted molar refractivity (Wildman–Crippen MR) is 114 cm³/mol. The lowest BCUT2D eigenvalue weighted by molar-refractivity contribution is -0.138. The molecule has 0 radical (unpaired) electrons. The Bertz CT molecular complexity index is 433. The van der Waals surface area contributed by atoms with Gasteiger partial charge in [0.05, 0.1) is 0 Å². The fourth-order valence-electron chi connectivity index (χ4n) is 3.42. The van der Waals surface area contributed by atoms with Gasteiger partial charge in [0.2, 0.25) is 11.8 Å². The molecule has 0 aliphatic carbocycles. The average Bonchev–Trinajstić information content (AvgIpc) is 2.63. The molecule has 2 amide bonds. The lowest BCUT2D eigenvalue weighted by Crippen LogP contribution is -2.49. The van der Waals surface area contributed by atoms with Crippen LogP contribution in [0.25, 0.3) is 0 Å². The Morgan fingerprint density at radius 3 is 2.11 bits per heavy atom. The van der Waals surface area contributed by atoms with Crippen LogP contribution in [0.4, 0.5) is 0 Å². The minimum absolute atomic E-state index is 0.127. The Hall–Kier alpha value is -1.14. The predicted octanol–water partition coefficient (Wildman–Crippen LogP) is 3.06. The summed E-state index contributed by atoms with van der Waals surface area (Å²) in [4.78, 5) is 28.1. The Morgan fingerprint density at radius 1 is 0.893 bits per heavy atom. The maximum atomic E-state index is 12.1. The molecule has 0 aromatic rings. The first-order chi connectivity index (χ1) is 13.4.